The van der Waals surface area contributed by atoms with Gasteiger partial charge in [0.25, 0.3) is 0 Å². The molecule has 19 heavy (non-hydrogen) atoms. The summed E-state index contributed by atoms with van der Waals surface area (Å²) in [6, 6.07) is 6.02. The molecule has 0 saturated carbocycles. The molecule has 2 heterocycles. The summed E-state index contributed by atoms with van der Waals surface area (Å²) in [6.45, 7) is 2.74. The molecule has 0 aliphatic heterocycles. The van der Waals surface area contributed by atoms with Gasteiger partial charge in [0.15, 0.2) is 0 Å². The summed E-state index contributed by atoms with van der Waals surface area (Å²) in [4.78, 5) is 8.79. The van der Waals surface area contributed by atoms with Crippen LogP contribution in [0.25, 0.3) is 0 Å². The number of nitriles is 1. The predicted octanol–water partition coefficient (Wildman–Crippen LogP) is 2.39. The minimum atomic E-state index is 0.514. The minimum Gasteiger partial charge on any atom is -0.327 e. The molecule has 0 amide bonds. The van der Waals surface area contributed by atoms with Crippen molar-refractivity contribution in [3.05, 3.63) is 46.8 Å². The topological polar surface area (TPSA) is 54.5 Å². The fourth-order valence-electron chi connectivity index (χ4n) is 2.78. The largest absolute Gasteiger partial charge is 0.327 e. The van der Waals surface area contributed by atoms with Gasteiger partial charge in [-0.15, -0.1) is 0 Å². The molecule has 2 aromatic rings. The number of imidazole rings is 1. The molecule has 2 aromatic heterocycles. The molecule has 0 spiro atoms. The van der Waals surface area contributed by atoms with Crippen molar-refractivity contribution in [2.75, 3.05) is 0 Å². The molecule has 1 aliphatic rings. The molecule has 0 radical (unpaired) electrons. The average molecular weight is 252 g/mol. The average Bonchev–Trinajstić information content (AvgIpc) is 2.76. The monoisotopic (exact) mass is 252 g/mol. The second-order valence-electron chi connectivity index (χ2n) is 4.97. The molecule has 0 saturated heterocycles. The molecular weight excluding hydrogens is 236 g/mol. The SMILES string of the molecule is Cc1nc2c(n1Cc1cccnc1C#N)CCCC2. The van der Waals surface area contributed by atoms with E-state index in [9.17, 15) is 0 Å². The predicted molar refractivity (Wildman–Crippen MR) is 71.7 cm³/mol. The normalized spacial score (nSPS) is 13.9. The quantitative estimate of drug-likeness (QED) is 0.824. The van der Waals surface area contributed by atoms with Crippen LogP contribution in [0.3, 0.4) is 0 Å². The fourth-order valence-corrected chi connectivity index (χ4v) is 2.78. The first kappa shape index (κ1) is 11.9. The first-order valence-electron chi connectivity index (χ1n) is 6.68. The second kappa shape index (κ2) is 4.85. The van der Waals surface area contributed by atoms with Gasteiger partial charge < -0.3 is 4.57 Å². The van der Waals surface area contributed by atoms with Gasteiger partial charge in [-0.25, -0.2) is 9.97 Å². The van der Waals surface area contributed by atoms with E-state index in [2.05, 4.69) is 20.6 Å². The number of aromatic nitrogens is 3. The highest BCUT2D eigenvalue weighted by Gasteiger charge is 2.18. The number of fused-ring (bicyclic) bond motifs is 1. The number of pyridine rings is 1. The maximum absolute atomic E-state index is 9.12. The van der Waals surface area contributed by atoms with E-state index in [0.717, 1.165) is 24.2 Å². The van der Waals surface area contributed by atoms with Crippen molar-refractivity contribution in [3.8, 4) is 6.07 Å². The number of hydrogen-bond donors (Lipinski definition) is 0. The van der Waals surface area contributed by atoms with Crippen LogP contribution in [0.4, 0.5) is 0 Å². The Balaban J connectivity index is 2.00. The lowest BCUT2D eigenvalue weighted by molar-refractivity contribution is 0.623. The third-order valence-electron chi connectivity index (χ3n) is 3.75. The Morgan fingerprint density at radius 1 is 1.37 bits per heavy atom. The van der Waals surface area contributed by atoms with Gasteiger partial charge in [0.1, 0.15) is 17.6 Å². The summed E-state index contributed by atoms with van der Waals surface area (Å²) >= 11 is 0. The molecule has 3 rings (SSSR count). The van der Waals surface area contributed by atoms with Crippen molar-refractivity contribution in [1.29, 1.82) is 5.26 Å². The van der Waals surface area contributed by atoms with Crippen molar-refractivity contribution >= 4 is 0 Å². The van der Waals surface area contributed by atoms with E-state index < -0.39 is 0 Å². The third kappa shape index (κ3) is 2.12. The fraction of sp³-hybridized carbons (Fsp3) is 0.400. The highest BCUT2D eigenvalue weighted by molar-refractivity contribution is 5.32. The molecule has 4 heteroatoms. The van der Waals surface area contributed by atoms with E-state index in [4.69, 9.17) is 5.26 Å². The summed E-state index contributed by atoms with van der Waals surface area (Å²) in [6.07, 6.45) is 6.31. The molecule has 0 fully saturated rings. The summed E-state index contributed by atoms with van der Waals surface area (Å²) in [5.74, 6) is 1.04. The maximum Gasteiger partial charge on any atom is 0.145 e. The van der Waals surface area contributed by atoms with E-state index in [-0.39, 0.29) is 0 Å². The molecular formula is C15H16N4. The summed E-state index contributed by atoms with van der Waals surface area (Å²) in [5, 5.41) is 9.12. The van der Waals surface area contributed by atoms with Crippen LogP contribution in [-0.4, -0.2) is 14.5 Å². The Morgan fingerprint density at radius 3 is 3.05 bits per heavy atom. The van der Waals surface area contributed by atoms with Gasteiger partial charge >= 0.3 is 0 Å². The summed E-state index contributed by atoms with van der Waals surface area (Å²) < 4.78 is 2.24. The minimum absolute atomic E-state index is 0.514. The van der Waals surface area contributed by atoms with E-state index in [1.54, 1.807) is 6.20 Å². The number of hydrogen-bond acceptors (Lipinski definition) is 3. The summed E-state index contributed by atoms with van der Waals surface area (Å²) in [7, 11) is 0. The molecule has 0 aromatic carbocycles. The van der Waals surface area contributed by atoms with Crippen molar-refractivity contribution in [3.63, 3.8) is 0 Å². The van der Waals surface area contributed by atoms with Gasteiger partial charge in [-0.05, 0) is 38.7 Å². The number of nitrogens with zero attached hydrogens (tertiary/aromatic N) is 4. The van der Waals surface area contributed by atoms with E-state index in [1.807, 2.05) is 19.1 Å². The van der Waals surface area contributed by atoms with Crippen LogP contribution in [0.2, 0.25) is 0 Å². The van der Waals surface area contributed by atoms with E-state index >= 15 is 0 Å². The standard InChI is InChI=1S/C15H16N4/c1-11-18-13-6-2-3-7-15(13)19(11)10-12-5-4-8-17-14(12)9-16/h4-5,8H,2-3,6-7,10H2,1H3. The van der Waals surface area contributed by atoms with E-state index in [1.165, 1.54) is 24.2 Å². The summed E-state index contributed by atoms with van der Waals surface area (Å²) in [5.41, 5.74) is 4.07. The van der Waals surface area contributed by atoms with Gasteiger partial charge in [-0.1, -0.05) is 6.07 Å². The molecule has 1 aliphatic carbocycles. The zero-order chi connectivity index (χ0) is 13.2. The Kier molecular flexibility index (Phi) is 3.04. The van der Waals surface area contributed by atoms with E-state index in [0.29, 0.717) is 12.2 Å². The van der Waals surface area contributed by atoms with Crippen LogP contribution >= 0.6 is 0 Å². The molecule has 96 valence electrons. The van der Waals surface area contributed by atoms with Crippen LogP contribution < -0.4 is 0 Å². The third-order valence-corrected chi connectivity index (χ3v) is 3.75. The number of aryl methyl sites for hydroxylation is 2. The van der Waals surface area contributed by atoms with Crippen molar-refractivity contribution in [2.45, 2.75) is 39.2 Å². The molecule has 0 unspecified atom stereocenters. The second-order valence-corrected chi connectivity index (χ2v) is 4.97. The van der Waals surface area contributed by atoms with Crippen molar-refractivity contribution in [2.24, 2.45) is 0 Å². The lowest BCUT2D eigenvalue weighted by atomic mass is 10.0. The Hall–Kier alpha value is -2.15. The first-order chi connectivity index (χ1) is 9.29. The molecule has 0 atom stereocenters. The Morgan fingerprint density at radius 2 is 2.21 bits per heavy atom. The highest BCUT2D eigenvalue weighted by Crippen LogP contribution is 2.23. The van der Waals surface area contributed by atoms with Gasteiger partial charge in [-0.3, -0.25) is 0 Å². The van der Waals surface area contributed by atoms with Gasteiger partial charge in [0.05, 0.1) is 12.2 Å². The Bertz CT molecular complexity index is 649. The zero-order valence-corrected chi connectivity index (χ0v) is 11.1. The molecule has 0 N–H and O–H groups in total. The van der Waals surface area contributed by atoms with Gasteiger partial charge in [0, 0.05) is 17.5 Å². The molecule has 4 nitrogen and oxygen atoms in total. The van der Waals surface area contributed by atoms with Crippen LogP contribution in [-0.2, 0) is 19.4 Å². The molecule has 0 bridgehead atoms. The maximum atomic E-state index is 9.12. The van der Waals surface area contributed by atoms with Crippen LogP contribution in [0.15, 0.2) is 18.3 Å². The van der Waals surface area contributed by atoms with Crippen molar-refractivity contribution < 1.29 is 0 Å². The van der Waals surface area contributed by atoms with Crippen LogP contribution in [0.5, 0.6) is 0 Å². The lowest BCUT2D eigenvalue weighted by Gasteiger charge is -2.15. The Labute approximate surface area is 112 Å². The highest BCUT2D eigenvalue weighted by atomic mass is 15.1. The lowest BCUT2D eigenvalue weighted by Crippen LogP contribution is -2.11. The number of rotatable bonds is 2. The van der Waals surface area contributed by atoms with Gasteiger partial charge in [-0.2, -0.15) is 5.26 Å². The van der Waals surface area contributed by atoms with Crippen LogP contribution in [0.1, 0.15) is 41.3 Å². The van der Waals surface area contributed by atoms with Crippen molar-refractivity contribution in [1.82, 2.24) is 14.5 Å². The smallest absolute Gasteiger partial charge is 0.145 e. The zero-order valence-electron chi connectivity index (χ0n) is 11.1. The van der Waals surface area contributed by atoms with Crippen LogP contribution in [0, 0.1) is 18.3 Å². The first-order valence-corrected chi connectivity index (χ1v) is 6.68. The van der Waals surface area contributed by atoms with Gasteiger partial charge in [0.2, 0.25) is 0 Å².